The van der Waals surface area contributed by atoms with Gasteiger partial charge in [-0.2, -0.15) is 0 Å². The first-order chi connectivity index (χ1) is 22.4. The number of likely N-dealkylation sites (N-methyl/N-ethyl adjacent to an activating group) is 1. The molecule has 0 saturated heterocycles. The number of aliphatic hydroxyl groups is 2. The average molecular weight is 665 g/mol. The molecule has 268 valence electrons. The summed E-state index contributed by atoms with van der Waals surface area (Å²) < 4.78 is 11.2. The van der Waals surface area contributed by atoms with Crippen LogP contribution in [0.5, 0.6) is 0 Å². The summed E-state index contributed by atoms with van der Waals surface area (Å²) in [4.78, 5) is 47.8. The number of rotatable bonds is 28. The molecule has 0 aromatic carbocycles. The number of nitrogens with one attached hydrogen (secondary N) is 2. The molecule has 0 radical (unpaired) electrons. The summed E-state index contributed by atoms with van der Waals surface area (Å²) in [6.07, 6.45) is 13.8. The molecule has 0 rings (SSSR count). The maximum atomic E-state index is 12.3. The summed E-state index contributed by atoms with van der Waals surface area (Å²) in [6.45, 7) is 13.3. The third kappa shape index (κ3) is 23.7. The minimum absolute atomic E-state index is 0.135. The highest BCUT2D eigenvalue weighted by Crippen LogP contribution is 2.15. The quantitative estimate of drug-likeness (QED) is 0.0322. The predicted octanol–water partition coefficient (Wildman–Crippen LogP) is 4.05. The fraction of sp³-hybridized carbons (Fsp3) is 0.667. The monoisotopic (exact) mass is 664 g/mol. The van der Waals surface area contributed by atoms with Gasteiger partial charge >= 0.3 is 11.9 Å². The van der Waals surface area contributed by atoms with Gasteiger partial charge in [0.25, 0.3) is 0 Å². The smallest absolute Gasteiger partial charge is 0.330 e. The second-order valence-electron chi connectivity index (χ2n) is 12.4. The van der Waals surface area contributed by atoms with E-state index in [9.17, 15) is 29.4 Å². The summed E-state index contributed by atoms with van der Waals surface area (Å²) >= 11 is 0. The number of carbonyl (C=O) groups is 4. The van der Waals surface area contributed by atoms with Gasteiger partial charge in [-0.25, -0.2) is 9.59 Å². The van der Waals surface area contributed by atoms with Crippen LogP contribution in [0.25, 0.3) is 0 Å². The first-order valence-corrected chi connectivity index (χ1v) is 17.1. The Morgan fingerprint density at radius 2 is 1.06 bits per heavy atom. The molecule has 0 heterocycles. The first-order valence-electron chi connectivity index (χ1n) is 17.1. The fourth-order valence-corrected chi connectivity index (χ4v) is 4.65. The number of hydrogen-bond donors (Lipinski definition) is 4. The number of esters is 2. The molecule has 11 heteroatoms. The lowest BCUT2D eigenvalue weighted by atomic mass is 10.0. The Hall–Kier alpha value is -3.28. The predicted molar refractivity (Wildman–Crippen MR) is 185 cm³/mol. The van der Waals surface area contributed by atoms with Gasteiger partial charge in [-0.15, -0.1) is 0 Å². The van der Waals surface area contributed by atoms with Gasteiger partial charge in [0.15, 0.2) is 0 Å². The largest absolute Gasteiger partial charge is 0.456 e. The molecular formula is C36H62N3O8+. The molecule has 0 aliphatic carbocycles. The molecule has 2 amide bonds. The molecule has 4 unspecified atom stereocenters. The standard InChI is InChI=1S/C36H61N3O8/c1-7-11-13-21-31(46-35(44)9-3)29(40)19-15-17-23-33(42)37-25-27-39(5,6)28-26-38-34(43)24-18-16-20-30(41)32(22-14-12-8-2)47-36(45)10-4/h9-10,15-18,29-32,40-41H,3-4,7-8,11-14,19-28H2,1-2,5-6H3,(H-,37,38,42,43)/p+1. The molecule has 0 fully saturated rings. The van der Waals surface area contributed by atoms with E-state index in [0.29, 0.717) is 43.5 Å². The molecule has 0 aliphatic rings. The van der Waals surface area contributed by atoms with Crippen LogP contribution in [0.2, 0.25) is 0 Å². The second kappa shape index (κ2) is 26.8. The molecular weight excluding hydrogens is 602 g/mol. The number of nitrogens with zero attached hydrogens (tertiary/aromatic N) is 1. The van der Waals surface area contributed by atoms with Crippen molar-refractivity contribution in [2.24, 2.45) is 0 Å². The van der Waals surface area contributed by atoms with Crippen molar-refractivity contribution in [3.05, 3.63) is 49.6 Å². The van der Waals surface area contributed by atoms with Crippen LogP contribution in [0.1, 0.15) is 90.9 Å². The topological polar surface area (TPSA) is 151 Å². The van der Waals surface area contributed by atoms with Crippen molar-refractivity contribution in [2.45, 2.75) is 115 Å². The summed E-state index contributed by atoms with van der Waals surface area (Å²) in [7, 11) is 4.04. The number of unbranched alkanes of at least 4 members (excludes halogenated alkanes) is 4. The van der Waals surface area contributed by atoms with E-state index < -0.39 is 36.4 Å². The highest BCUT2D eigenvalue weighted by Gasteiger charge is 2.22. The summed E-state index contributed by atoms with van der Waals surface area (Å²) in [5, 5.41) is 26.8. The van der Waals surface area contributed by atoms with Gasteiger partial charge in [-0.05, 0) is 38.5 Å². The molecule has 11 nitrogen and oxygen atoms in total. The Balaban J connectivity index is 4.38. The normalized spacial score (nSPS) is 14.3. The van der Waals surface area contributed by atoms with Crippen LogP contribution < -0.4 is 10.6 Å². The van der Waals surface area contributed by atoms with E-state index in [1.807, 2.05) is 14.1 Å². The molecule has 0 aliphatic heterocycles. The third-order valence-corrected chi connectivity index (χ3v) is 7.68. The SMILES string of the molecule is C=CC(=O)OC(CCCCC)C(O)CC=CCC(=O)NCC[N+](C)(C)CCNC(=O)CC=CCC(O)C(CCCCC)OC(=O)C=C. The molecule has 47 heavy (non-hydrogen) atoms. The zero-order chi connectivity index (χ0) is 35.5. The van der Waals surface area contributed by atoms with E-state index in [4.69, 9.17) is 9.47 Å². The molecule has 0 aromatic rings. The summed E-state index contributed by atoms with van der Waals surface area (Å²) in [5.41, 5.74) is 0. The first kappa shape index (κ1) is 43.7. The molecule has 0 bridgehead atoms. The Labute approximate surface area is 282 Å². The number of hydrogen-bond acceptors (Lipinski definition) is 8. The van der Waals surface area contributed by atoms with Crippen molar-refractivity contribution in [2.75, 3.05) is 40.3 Å². The minimum atomic E-state index is -0.856. The maximum absolute atomic E-state index is 12.3. The molecule has 0 aromatic heterocycles. The van der Waals surface area contributed by atoms with E-state index in [0.717, 1.165) is 50.7 Å². The van der Waals surface area contributed by atoms with Crippen LogP contribution in [-0.4, -0.2) is 103 Å². The minimum Gasteiger partial charge on any atom is -0.456 e. The third-order valence-electron chi connectivity index (χ3n) is 7.68. The summed E-state index contributed by atoms with van der Waals surface area (Å²) in [6, 6.07) is 0. The lowest BCUT2D eigenvalue weighted by Gasteiger charge is -2.29. The number of amides is 2. The Bertz CT molecular complexity index is 919. The molecule has 0 saturated carbocycles. The van der Waals surface area contributed by atoms with Crippen molar-refractivity contribution in [1.29, 1.82) is 0 Å². The van der Waals surface area contributed by atoms with E-state index in [1.54, 1.807) is 24.3 Å². The number of carbonyl (C=O) groups excluding carboxylic acids is 4. The van der Waals surface area contributed by atoms with Gasteiger partial charge in [0.1, 0.15) is 12.2 Å². The van der Waals surface area contributed by atoms with Crippen molar-refractivity contribution >= 4 is 23.8 Å². The highest BCUT2D eigenvalue weighted by atomic mass is 16.6. The van der Waals surface area contributed by atoms with Crippen LogP contribution in [0.4, 0.5) is 0 Å². The van der Waals surface area contributed by atoms with Gasteiger partial charge in [-0.3, -0.25) is 9.59 Å². The van der Waals surface area contributed by atoms with Gasteiger partial charge in [0, 0.05) is 25.0 Å². The fourth-order valence-electron chi connectivity index (χ4n) is 4.65. The zero-order valence-electron chi connectivity index (χ0n) is 29.3. The van der Waals surface area contributed by atoms with Gasteiger partial charge in [-0.1, -0.05) is 77.0 Å². The van der Waals surface area contributed by atoms with Crippen LogP contribution in [-0.2, 0) is 28.7 Å². The van der Waals surface area contributed by atoms with E-state index in [-0.39, 0.29) is 37.5 Å². The molecule has 0 spiro atoms. The van der Waals surface area contributed by atoms with Crippen LogP contribution in [0.15, 0.2) is 49.6 Å². The van der Waals surface area contributed by atoms with E-state index >= 15 is 0 Å². The number of quaternary nitrogens is 1. The van der Waals surface area contributed by atoms with E-state index in [1.165, 1.54) is 0 Å². The maximum Gasteiger partial charge on any atom is 0.330 e. The van der Waals surface area contributed by atoms with E-state index in [2.05, 4.69) is 37.6 Å². The Morgan fingerprint density at radius 1 is 0.681 bits per heavy atom. The van der Waals surface area contributed by atoms with Crippen molar-refractivity contribution < 1.29 is 43.3 Å². The van der Waals surface area contributed by atoms with Crippen molar-refractivity contribution in [3.63, 3.8) is 0 Å². The zero-order valence-corrected chi connectivity index (χ0v) is 29.3. The molecule has 4 N–H and O–H groups in total. The number of aliphatic hydroxyl groups excluding tert-OH is 2. The lowest BCUT2D eigenvalue weighted by molar-refractivity contribution is -0.887. The highest BCUT2D eigenvalue weighted by molar-refractivity contribution is 5.81. The average Bonchev–Trinajstić information content (AvgIpc) is 3.03. The van der Waals surface area contributed by atoms with Gasteiger partial charge in [0.05, 0.1) is 52.5 Å². The second-order valence-corrected chi connectivity index (χ2v) is 12.4. The number of ether oxygens (including phenoxy) is 2. The van der Waals surface area contributed by atoms with Crippen LogP contribution in [0.3, 0.4) is 0 Å². The van der Waals surface area contributed by atoms with Crippen LogP contribution in [0, 0.1) is 0 Å². The molecule has 4 atom stereocenters. The Morgan fingerprint density at radius 3 is 1.40 bits per heavy atom. The van der Waals surface area contributed by atoms with Gasteiger partial charge in [0.2, 0.25) is 11.8 Å². The van der Waals surface area contributed by atoms with Crippen LogP contribution >= 0.6 is 0 Å². The van der Waals surface area contributed by atoms with Crippen molar-refractivity contribution in [1.82, 2.24) is 10.6 Å². The van der Waals surface area contributed by atoms with Crippen molar-refractivity contribution in [3.8, 4) is 0 Å². The summed E-state index contributed by atoms with van der Waals surface area (Å²) in [5.74, 6) is -1.39. The Kier molecular flexibility index (Phi) is 24.9. The lowest BCUT2D eigenvalue weighted by Crippen LogP contribution is -2.49. The van der Waals surface area contributed by atoms with Gasteiger partial charge < -0.3 is 34.8 Å².